The highest BCUT2D eigenvalue weighted by atomic mass is 16.6. The highest BCUT2D eigenvalue weighted by Crippen LogP contribution is 2.45. The largest absolute Gasteiger partial charge is 0.508 e. The molecule has 0 aliphatic carbocycles. The molecule has 5 rings (SSSR count). The lowest BCUT2D eigenvalue weighted by Gasteiger charge is -2.17. The van der Waals surface area contributed by atoms with Gasteiger partial charge in [-0.25, -0.2) is 0 Å². The molecular formula is C30H20N2O6. The van der Waals surface area contributed by atoms with Gasteiger partial charge >= 0.3 is 0 Å². The van der Waals surface area contributed by atoms with Gasteiger partial charge in [-0.1, -0.05) is 72.8 Å². The maximum Gasteiger partial charge on any atom is 0.277 e. The van der Waals surface area contributed by atoms with E-state index in [4.69, 9.17) is 0 Å². The van der Waals surface area contributed by atoms with Crippen molar-refractivity contribution in [1.29, 1.82) is 0 Å². The van der Waals surface area contributed by atoms with Crippen LogP contribution >= 0.6 is 0 Å². The van der Waals surface area contributed by atoms with Crippen molar-refractivity contribution in [2.45, 2.75) is 0 Å². The molecule has 0 radical (unpaired) electrons. The number of rotatable bonds is 6. The first kappa shape index (κ1) is 24.2. The first-order chi connectivity index (χ1) is 18.3. The normalized spacial score (nSPS) is 10.7. The number of nitrogens with zero attached hydrogens (tertiary/aromatic N) is 2. The SMILES string of the molecule is O=[N+]([O-])c1ccc(O)cc1-c1ccccc1-c1ccccc1-c1ccccc1-c1cc(O)ccc1[N+](=O)[O-]. The topological polar surface area (TPSA) is 127 Å². The maximum atomic E-state index is 11.8. The molecule has 8 nitrogen and oxygen atoms in total. The van der Waals surface area contributed by atoms with Gasteiger partial charge in [-0.3, -0.25) is 20.2 Å². The Morgan fingerprint density at radius 3 is 0.947 bits per heavy atom. The molecule has 0 spiro atoms. The number of nitro benzene ring substituents is 2. The van der Waals surface area contributed by atoms with Crippen molar-refractivity contribution in [1.82, 2.24) is 0 Å². The molecular weight excluding hydrogens is 484 g/mol. The van der Waals surface area contributed by atoms with Crippen LogP contribution in [0.3, 0.4) is 0 Å². The predicted octanol–water partition coefficient (Wildman–Crippen LogP) is 7.58. The summed E-state index contributed by atoms with van der Waals surface area (Å²) in [6.07, 6.45) is 0. The Bertz CT molecular complexity index is 1590. The zero-order valence-electron chi connectivity index (χ0n) is 19.8. The Morgan fingerprint density at radius 1 is 0.421 bits per heavy atom. The minimum atomic E-state index is -0.492. The predicted molar refractivity (Wildman–Crippen MR) is 145 cm³/mol. The third-order valence-electron chi connectivity index (χ3n) is 6.30. The molecule has 5 aromatic carbocycles. The Labute approximate surface area is 217 Å². The van der Waals surface area contributed by atoms with Crippen LogP contribution in [0.1, 0.15) is 0 Å². The van der Waals surface area contributed by atoms with Crippen molar-refractivity contribution < 1.29 is 20.1 Å². The van der Waals surface area contributed by atoms with Crippen LogP contribution in [0.15, 0.2) is 109 Å². The highest BCUT2D eigenvalue weighted by molar-refractivity contribution is 5.98. The standard InChI is InChI=1S/C30H20N2O6/c33-19-13-15-29(31(35)36)27(17-19)25-11-5-3-9-23(25)21-7-1-2-8-22(21)24-10-4-6-12-26(24)28-18-20(34)14-16-30(28)32(37)38/h1-18,33-34H. The molecule has 0 aromatic heterocycles. The van der Waals surface area contributed by atoms with Gasteiger partial charge < -0.3 is 10.2 Å². The maximum absolute atomic E-state index is 11.8. The van der Waals surface area contributed by atoms with Crippen LogP contribution in [0.4, 0.5) is 11.4 Å². The minimum absolute atomic E-state index is 0.102. The lowest BCUT2D eigenvalue weighted by atomic mass is 9.86. The van der Waals surface area contributed by atoms with Crippen LogP contribution in [0, 0.1) is 20.2 Å². The van der Waals surface area contributed by atoms with E-state index in [1.807, 2.05) is 48.5 Å². The molecule has 5 aromatic rings. The van der Waals surface area contributed by atoms with E-state index in [1.54, 1.807) is 24.3 Å². The molecule has 0 amide bonds. The zero-order chi connectivity index (χ0) is 26.8. The van der Waals surface area contributed by atoms with Crippen molar-refractivity contribution in [3.63, 3.8) is 0 Å². The van der Waals surface area contributed by atoms with Gasteiger partial charge in [0.25, 0.3) is 11.4 Å². The molecule has 0 aliphatic heterocycles. The van der Waals surface area contributed by atoms with E-state index in [9.17, 15) is 30.4 Å². The molecule has 8 heteroatoms. The molecule has 2 N–H and O–H groups in total. The Balaban J connectivity index is 1.78. The van der Waals surface area contributed by atoms with Crippen molar-refractivity contribution in [2.75, 3.05) is 0 Å². The second-order valence-electron chi connectivity index (χ2n) is 8.55. The van der Waals surface area contributed by atoms with E-state index in [1.165, 1.54) is 36.4 Å². The van der Waals surface area contributed by atoms with Crippen LogP contribution in [0.5, 0.6) is 11.5 Å². The summed E-state index contributed by atoms with van der Waals surface area (Å²) in [5.74, 6) is -0.203. The van der Waals surface area contributed by atoms with Crippen LogP contribution in [0.2, 0.25) is 0 Å². The fraction of sp³-hybridized carbons (Fsp3) is 0. The molecule has 0 aliphatic rings. The molecule has 0 saturated heterocycles. The minimum Gasteiger partial charge on any atom is -0.508 e. The quantitative estimate of drug-likeness (QED) is 0.181. The fourth-order valence-electron chi connectivity index (χ4n) is 4.66. The summed E-state index contributed by atoms with van der Waals surface area (Å²) in [6, 6.07) is 29.6. The Morgan fingerprint density at radius 2 is 0.684 bits per heavy atom. The van der Waals surface area contributed by atoms with Crippen molar-refractivity contribution >= 4 is 11.4 Å². The van der Waals surface area contributed by atoms with Gasteiger partial charge in [0.05, 0.1) is 21.0 Å². The second kappa shape index (κ2) is 9.87. The lowest BCUT2D eigenvalue weighted by Crippen LogP contribution is -1.96. The number of hydrogen-bond acceptors (Lipinski definition) is 6. The van der Waals surface area contributed by atoms with Crippen molar-refractivity contribution in [2.24, 2.45) is 0 Å². The molecule has 0 atom stereocenters. The number of benzene rings is 5. The molecule has 0 bridgehead atoms. The van der Waals surface area contributed by atoms with Crippen molar-refractivity contribution in [3.8, 4) is 56.0 Å². The van der Waals surface area contributed by atoms with Gasteiger partial charge in [0.2, 0.25) is 0 Å². The zero-order valence-corrected chi connectivity index (χ0v) is 19.8. The monoisotopic (exact) mass is 504 g/mol. The van der Waals surface area contributed by atoms with E-state index in [0.29, 0.717) is 22.3 Å². The summed E-state index contributed by atoms with van der Waals surface area (Å²) in [5, 5.41) is 43.9. The summed E-state index contributed by atoms with van der Waals surface area (Å²) < 4.78 is 0. The van der Waals surface area contributed by atoms with Gasteiger partial charge in [0, 0.05) is 12.1 Å². The van der Waals surface area contributed by atoms with Crippen molar-refractivity contribution in [3.05, 3.63) is 129 Å². The lowest BCUT2D eigenvalue weighted by molar-refractivity contribution is -0.384. The van der Waals surface area contributed by atoms with Gasteiger partial charge in [-0.2, -0.15) is 0 Å². The highest BCUT2D eigenvalue weighted by Gasteiger charge is 2.23. The average molecular weight is 504 g/mol. The van der Waals surface area contributed by atoms with Gasteiger partial charge in [0.15, 0.2) is 0 Å². The van der Waals surface area contributed by atoms with E-state index >= 15 is 0 Å². The van der Waals surface area contributed by atoms with Crippen LogP contribution in [0.25, 0.3) is 44.5 Å². The van der Waals surface area contributed by atoms with Crippen LogP contribution in [-0.2, 0) is 0 Å². The smallest absolute Gasteiger partial charge is 0.277 e. The average Bonchev–Trinajstić information content (AvgIpc) is 2.92. The number of hydrogen-bond donors (Lipinski definition) is 2. The fourth-order valence-corrected chi connectivity index (χ4v) is 4.66. The number of nitro groups is 2. The van der Waals surface area contributed by atoms with E-state index < -0.39 is 9.85 Å². The van der Waals surface area contributed by atoms with E-state index in [-0.39, 0.29) is 34.0 Å². The molecule has 186 valence electrons. The molecule has 0 heterocycles. The summed E-state index contributed by atoms with van der Waals surface area (Å²) in [6.45, 7) is 0. The molecule has 38 heavy (non-hydrogen) atoms. The first-order valence-corrected chi connectivity index (χ1v) is 11.6. The van der Waals surface area contributed by atoms with E-state index in [0.717, 1.165) is 11.1 Å². The summed E-state index contributed by atoms with van der Waals surface area (Å²) in [7, 11) is 0. The van der Waals surface area contributed by atoms with Gasteiger partial charge in [0.1, 0.15) is 11.5 Å². The van der Waals surface area contributed by atoms with Crippen LogP contribution < -0.4 is 0 Å². The summed E-state index contributed by atoms with van der Waals surface area (Å²) >= 11 is 0. The van der Waals surface area contributed by atoms with Gasteiger partial charge in [-0.05, 0) is 57.6 Å². The number of phenolic OH excluding ortho intramolecular Hbond substituents is 2. The Hall–Kier alpha value is -5.50. The molecule has 0 fully saturated rings. The third-order valence-corrected chi connectivity index (χ3v) is 6.30. The molecule has 0 unspecified atom stereocenters. The van der Waals surface area contributed by atoms with Gasteiger partial charge in [-0.15, -0.1) is 0 Å². The third kappa shape index (κ3) is 4.42. The summed E-state index contributed by atoms with van der Waals surface area (Å²) in [4.78, 5) is 22.6. The summed E-state index contributed by atoms with van der Waals surface area (Å²) in [5.41, 5.74) is 4.13. The molecule has 0 saturated carbocycles. The van der Waals surface area contributed by atoms with E-state index in [2.05, 4.69) is 0 Å². The van der Waals surface area contributed by atoms with Crippen LogP contribution in [-0.4, -0.2) is 20.1 Å². The number of phenols is 2. The Kier molecular flexibility index (Phi) is 6.28. The number of aromatic hydroxyl groups is 2. The second-order valence-corrected chi connectivity index (χ2v) is 8.55. The first-order valence-electron chi connectivity index (χ1n) is 11.6.